The van der Waals surface area contributed by atoms with Crippen LogP contribution in [0.2, 0.25) is 0 Å². The molecule has 3 nitrogen and oxygen atoms in total. The fourth-order valence-corrected chi connectivity index (χ4v) is 8.52. The predicted molar refractivity (Wildman–Crippen MR) is 164 cm³/mol. The van der Waals surface area contributed by atoms with Gasteiger partial charge in [0.15, 0.2) is 0 Å². The average molecular weight is 820 g/mol. The van der Waals surface area contributed by atoms with E-state index >= 15 is 0 Å². The van der Waals surface area contributed by atoms with Gasteiger partial charge in [-0.2, -0.15) is 0 Å². The van der Waals surface area contributed by atoms with Gasteiger partial charge in [-0.25, -0.2) is 0 Å². The van der Waals surface area contributed by atoms with Gasteiger partial charge in [0, 0.05) is 30.4 Å². The number of fused-ring (bicyclic) bond motifs is 3. The van der Waals surface area contributed by atoms with Crippen molar-refractivity contribution in [2.45, 2.75) is 6.85 Å². The Morgan fingerprint density at radius 1 is 0.756 bits per heavy atom. The Kier molecular flexibility index (Phi) is 8.00. The van der Waals surface area contributed by atoms with Gasteiger partial charge in [-0.05, 0) is 18.1 Å². The second-order valence-electron chi connectivity index (χ2n) is 8.96. The van der Waals surface area contributed by atoms with E-state index in [1.807, 2.05) is 72.9 Å². The number of rotatable bonds is 3. The molecule has 7 aromatic rings. The van der Waals surface area contributed by atoms with Crippen LogP contribution in [0, 0.1) is 30.3 Å². The molecular weight excluding hydrogens is 794 g/mol. The van der Waals surface area contributed by atoms with Crippen LogP contribution < -0.4 is 0 Å². The second kappa shape index (κ2) is 13.2. The first-order chi connectivity index (χ1) is 20.9. The third-order valence-electron chi connectivity index (χ3n) is 6.45. The molecule has 4 aromatic carbocycles. The van der Waals surface area contributed by atoms with E-state index in [0.717, 1.165) is 39.2 Å². The van der Waals surface area contributed by atoms with E-state index in [1.165, 1.54) is 23.8 Å². The second-order valence-corrected chi connectivity index (χ2v) is 11.9. The minimum absolute atomic E-state index is 0. The fourth-order valence-electron chi connectivity index (χ4n) is 4.60. The van der Waals surface area contributed by atoms with E-state index in [-0.39, 0.29) is 25.7 Å². The number of pyridine rings is 2. The third kappa shape index (κ3) is 6.08. The summed E-state index contributed by atoms with van der Waals surface area (Å²) >= 11 is -0.660. The Bertz CT molecular complexity index is 2050. The maximum Gasteiger partial charge on any atom is 0.0280 e. The van der Waals surface area contributed by atoms with Gasteiger partial charge in [0.1, 0.15) is 0 Å². The van der Waals surface area contributed by atoms with Crippen LogP contribution in [0.5, 0.6) is 0 Å². The van der Waals surface area contributed by atoms with Gasteiger partial charge in [0.25, 0.3) is 0 Å². The summed E-state index contributed by atoms with van der Waals surface area (Å²) in [5.41, 5.74) is 6.88. The maximum absolute atomic E-state index is 9.71. The van der Waals surface area contributed by atoms with Crippen molar-refractivity contribution in [1.82, 2.24) is 9.97 Å². The van der Waals surface area contributed by atoms with E-state index in [4.69, 9.17) is 4.11 Å². The first-order valence-electron chi connectivity index (χ1n) is 14.1. The Morgan fingerprint density at radius 3 is 2.29 bits per heavy atom. The van der Waals surface area contributed by atoms with Gasteiger partial charge in [0.2, 0.25) is 0 Å². The molecule has 0 aliphatic heterocycles. The van der Waals surface area contributed by atoms with Gasteiger partial charge in [-0.3, -0.25) is 0 Å². The molecule has 0 atom stereocenters. The molecule has 0 saturated carbocycles. The Morgan fingerprint density at radius 2 is 1.59 bits per heavy atom. The van der Waals surface area contributed by atoms with Crippen LogP contribution in [0.3, 0.4) is 0 Å². The quantitative estimate of drug-likeness (QED) is 0.133. The largest absolute Gasteiger partial charge is 0.304 e. The first kappa shape index (κ1) is 24.9. The summed E-state index contributed by atoms with van der Waals surface area (Å²) in [5.74, 6) is 0. The number of aryl methyl sites for hydroxylation is 1. The van der Waals surface area contributed by atoms with E-state index in [9.17, 15) is 5.26 Å². The molecule has 7 rings (SSSR count). The van der Waals surface area contributed by atoms with Crippen LogP contribution in [0.1, 0.15) is 15.2 Å². The molecule has 1 radical (unpaired) electrons. The molecule has 0 spiro atoms. The van der Waals surface area contributed by atoms with Crippen molar-refractivity contribution < 1.29 is 24.2 Å². The van der Waals surface area contributed by atoms with Gasteiger partial charge in [-0.15, -0.1) is 35.9 Å². The van der Waals surface area contributed by atoms with Gasteiger partial charge in [0.05, 0.1) is 0 Å². The standard InChI is InChI=1S/C24H13N2Te.C12H10N.Ir/c25-15-17-12-13-19-18-9-6-10-20(21-11-4-5-14-26-21)23(18)27-24(19)22(17)16-7-2-1-3-8-16;1-10-7-8-12(13-9-10)11-5-3-2-4-6-11;/h1-9,11-14H;2-5,7-9H,1H3;/q2*-1;/i;1D3;. The zero-order valence-corrected chi connectivity index (χ0v) is 26.4. The summed E-state index contributed by atoms with van der Waals surface area (Å²) in [6.07, 6.45) is 3.22. The summed E-state index contributed by atoms with van der Waals surface area (Å²) < 4.78 is 24.4. The number of hydrogen-bond acceptors (Lipinski definition) is 3. The summed E-state index contributed by atoms with van der Waals surface area (Å²) in [7, 11) is 0. The molecule has 0 fully saturated rings. The molecule has 0 saturated heterocycles. The molecular formula is C36H23IrN3Te-2. The molecule has 5 heteroatoms. The van der Waals surface area contributed by atoms with E-state index in [2.05, 4.69) is 52.4 Å². The number of nitriles is 1. The minimum Gasteiger partial charge on any atom is -0.304 e. The van der Waals surface area contributed by atoms with E-state index in [0.29, 0.717) is 0 Å². The van der Waals surface area contributed by atoms with Crippen molar-refractivity contribution in [1.29, 1.82) is 5.26 Å². The summed E-state index contributed by atoms with van der Waals surface area (Å²) in [4.78, 5) is 8.66. The molecule has 0 N–H and O–H groups in total. The van der Waals surface area contributed by atoms with Crippen LogP contribution in [-0.4, -0.2) is 30.4 Å². The van der Waals surface area contributed by atoms with Crippen molar-refractivity contribution in [2.75, 3.05) is 0 Å². The van der Waals surface area contributed by atoms with Gasteiger partial charge < -0.3 is 4.98 Å². The van der Waals surface area contributed by atoms with Crippen molar-refractivity contribution in [2.24, 2.45) is 0 Å². The van der Waals surface area contributed by atoms with E-state index in [1.54, 1.807) is 18.2 Å². The van der Waals surface area contributed by atoms with Crippen molar-refractivity contribution >= 4 is 38.0 Å². The molecule has 0 aliphatic carbocycles. The fraction of sp³-hybridized carbons (Fsp3) is 0.0278. The number of benzene rings is 4. The van der Waals surface area contributed by atoms with Crippen LogP contribution in [0.25, 0.3) is 51.2 Å². The normalized spacial score (nSPS) is 11.7. The number of hydrogen-bond donors (Lipinski definition) is 0. The zero-order valence-electron chi connectivity index (χ0n) is 24.6. The number of nitrogens with zero attached hydrogens (tertiary/aromatic N) is 3. The molecule has 0 bridgehead atoms. The molecule has 199 valence electrons. The Labute approximate surface area is 267 Å². The summed E-state index contributed by atoms with van der Waals surface area (Å²) in [6, 6.07) is 44.1. The Balaban J connectivity index is 0.000000194. The SMILES string of the molecule is N#Cc1ccc2c([te]c3c(-c4ccccn4)[c-]ccc32)c1-c1ccccc1.[2H]C([2H])([2H])c1ccc(-c2[c-]cccc2)nc1.[Ir]. The van der Waals surface area contributed by atoms with Crippen LogP contribution >= 0.6 is 0 Å². The van der Waals surface area contributed by atoms with Crippen LogP contribution in [0.4, 0.5) is 0 Å². The Hall–Kier alpha value is -3.89. The van der Waals surface area contributed by atoms with Crippen molar-refractivity contribution in [3.05, 3.63) is 145 Å². The van der Waals surface area contributed by atoms with E-state index < -0.39 is 27.3 Å². The van der Waals surface area contributed by atoms with Crippen LogP contribution in [-0.2, 0) is 20.1 Å². The smallest absolute Gasteiger partial charge is 0.0280 e. The topological polar surface area (TPSA) is 49.6 Å². The molecule has 41 heavy (non-hydrogen) atoms. The van der Waals surface area contributed by atoms with Gasteiger partial charge >= 0.3 is 167 Å². The molecule has 0 aliphatic rings. The monoisotopic (exact) mass is 823 g/mol. The first-order valence-corrected chi connectivity index (χ1v) is 15.0. The van der Waals surface area contributed by atoms with Crippen molar-refractivity contribution in [3.63, 3.8) is 0 Å². The maximum atomic E-state index is 9.71. The molecule has 3 aromatic heterocycles. The zero-order chi connectivity index (χ0) is 29.8. The molecule has 0 unspecified atom stereocenters. The average Bonchev–Trinajstić information content (AvgIpc) is 3.44. The summed E-state index contributed by atoms with van der Waals surface area (Å²) in [5, 5.41) is 12.2. The predicted octanol–water partition coefficient (Wildman–Crippen LogP) is 8.31. The van der Waals surface area contributed by atoms with Crippen molar-refractivity contribution in [3.8, 4) is 39.7 Å². The molecule has 0 amide bonds. The third-order valence-corrected chi connectivity index (χ3v) is 10.0. The summed E-state index contributed by atoms with van der Waals surface area (Å²) in [6.45, 7) is -2.09. The number of aromatic nitrogens is 2. The van der Waals surface area contributed by atoms with Gasteiger partial charge in [-0.1, -0.05) is 12.1 Å². The minimum atomic E-state index is -2.09. The van der Waals surface area contributed by atoms with Crippen LogP contribution in [0.15, 0.2) is 122 Å². The molecule has 3 heterocycles.